The lowest BCUT2D eigenvalue weighted by Gasteiger charge is -2.29. The number of carbonyl (C=O) groups is 1. The molecule has 0 atom stereocenters. The molecule has 2 aromatic carbocycles. The molecule has 0 aliphatic rings. The van der Waals surface area contributed by atoms with E-state index < -0.39 is 33.8 Å². The van der Waals surface area contributed by atoms with Crippen LogP contribution in [0.25, 0.3) is 6.08 Å². The van der Waals surface area contributed by atoms with Crippen molar-refractivity contribution in [1.82, 2.24) is 0 Å². The summed E-state index contributed by atoms with van der Waals surface area (Å²) in [6.07, 6.45) is -0.672. The Morgan fingerprint density at radius 1 is 1.11 bits per heavy atom. The predicted octanol–water partition coefficient (Wildman–Crippen LogP) is 5.67. The number of anilines is 1. The number of benzene rings is 2. The molecule has 0 amide bonds. The van der Waals surface area contributed by atoms with Gasteiger partial charge in [-0.1, -0.05) is 24.3 Å². The van der Waals surface area contributed by atoms with Gasteiger partial charge < -0.3 is 13.9 Å². The van der Waals surface area contributed by atoms with Crippen molar-refractivity contribution in [2.45, 2.75) is 37.8 Å². The Hall–Kier alpha value is -3.73. The lowest BCUT2D eigenvalue weighted by molar-refractivity contribution is -0.137. The average molecular weight is 524 g/mol. The Balaban J connectivity index is 1.95. The molecule has 0 spiro atoms. The van der Waals surface area contributed by atoms with Crippen molar-refractivity contribution in [3.05, 3.63) is 83.6 Å². The van der Waals surface area contributed by atoms with Gasteiger partial charge >= 0.3 is 12.1 Å². The molecule has 36 heavy (non-hydrogen) atoms. The number of nitrogens with zero attached hydrogens (tertiary/aromatic N) is 1. The number of hydrogen-bond acceptors (Lipinski definition) is 6. The third kappa shape index (κ3) is 6.28. The summed E-state index contributed by atoms with van der Waals surface area (Å²) >= 11 is 0. The van der Waals surface area contributed by atoms with Crippen LogP contribution in [0.5, 0.6) is 5.75 Å². The highest BCUT2D eigenvalue weighted by atomic mass is 32.2. The molecule has 3 rings (SSSR count). The SMILES string of the molecule is COC(=O)C=Cc1ccc(COc2cc(C(F)(F)F)ccc2N(C(C)C)S(=O)(=O)c2ccco2)cc1. The van der Waals surface area contributed by atoms with Crippen molar-refractivity contribution in [1.29, 1.82) is 0 Å². The van der Waals surface area contributed by atoms with Crippen LogP contribution in [0.3, 0.4) is 0 Å². The topological polar surface area (TPSA) is 86.0 Å². The van der Waals surface area contributed by atoms with Crippen molar-refractivity contribution in [3.8, 4) is 5.75 Å². The molecule has 0 saturated carbocycles. The number of methoxy groups -OCH3 is 1. The summed E-state index contributed by atoms with van der Waals surface area (Å²) in [7, 11) is -2.97. The zero-order chi connectivity index (χ0) is 26.5. The first-order chi connectivity index (χ1) is 16.9. The Bertz CT molecular complexity index is 1310. The first-order valence-electron chi connectivity index (χ1n) is 10.7. The molecule has 1 aromatic heterocycles. The van der Waals surface area contributed by atoms with E-state index in [2.05, 4.69) is 4.74 Å². The summed E-state index contributed by atoms with van der Waals surface area (Å²) in [5, 5.41) is -0.349. The van der Waals surface area contributed by atoms with Gasteiger partial charge in [-0.3, -0.25) is 4.31 Å². The van der Waals surface area contributed by atoms with Crippen LogP contribution in [0.1, 0.15) is 30.5 Å². The molecule has 7 nitrogen and oxygen atoms in total. The molecule has 11 heteroatoms. The molecule has 1 heterocycles. The molecule has 0 aliphatic heterocycles. The zero-order valence-corrected chi connectivity index (χ0v) is 20.5. The predicted molar refractivity (Wildman–Crippen MR) is 127 cm³/mol. The second-order valence-electron chi connectivity index (χ2n) is 7.89. The van der Waals surface area contributed by atoms with Gasteiger partial charge in [0.05, 0.1) is 24.6 Å². The van der Waals surface area contributed by atoms with Crippen LogP contribution >= 0.6 is 0 Å². The summed E-state index contributed by atoms with van der Waals surface area (Å²) in [5.41, 5.74) is 0.258. The number of hydrogen-bond donors (Lipinski definition) is 0. The minimum absolute atomic E-state index is 0.0629. The van der Waals surface area contributed by atoms with Gasteiger partial charge in [-0.2, -0.15) is 21.6 Å². The Morgan fingerprint density at radius 3 is 2.36 bits per heavy atom. The molecule has 0 unspecified atom stereocenters. The molecule has 0 fully saturated rings. The van der Waals surface area contributed by atoms with Crippen LogP contribution in [0, 0.1) is 0 Å². The van der Waals surface area contributed by atoms with Gasteiger partial charge in [-0.05, 0) is 61.4 Å². The number of halogens is 3. The van der Waals surface area contributed by atoms with E-state index in [9.17, 15) is 26.4 Å². The normalized spacial score (nSPS) is 12.2. The summed E-state index contributed by atoms with van der Waals surface area (Å²) < 4.78 is 83.1. The van der Waals surface area contributed by atoms with Gasteiger partial charge in [0.15, 0.2) is 0 Å². The first kappa shape index (κ1) is 26.9. The van der Waals surface area contributed by atoms with Gasteiger partial charge in [0.2, 0.25) is 5.09 Å². The van der Waals surface area contributed by atoms with E-state index in [4.69, 9.17) is 9.15 Å². The molecule has 3 aromatic rings. The second kappa shape index (κ2) is 10.9. The highest BCUT2D eigenvalue weighted by Crippen LogP contribution is 2.39. The van der Waals surface area contributed by atoms with E-state index in [0.29, 0.717) is 11.1 Å². The quantitative estimate of drug-likeness (QED) is 0.266. The number of furan rings is 1. The summed E-state index contributed by atoms with van der Waals surface area (Å²) in [6, 6.07) is 11.4. The second-order valence-corrected chi connectivity index (χ2v) is 9.64. The largest absolute Gasteiger partial charge is 0.487 e. The molecule has 0 bridgehead atoms. The summed E-state index contributed by atoms with van der Waals surface area (Å²) in [6.45, 7) is 3.03. The molecule has 192 valence electrons. The van der Waals surface area contributed by atoms with E-state index >= 15 is 0 Å². The zero-order valence-electron chi connectivity index (χ0n) is 19.7. The Labute approximate surface area is 206 Å². The van der Waals surface area contributed by atoms with Gasteiger partial charge in [-0.25, -0.2) is 4.79 Å². The maximum atomic E-state index is 13.4. The monoisotopic (exact) mass is 523 g/mol. The van der Waals surface area contributed by atoms with Crippen molar-refractivity contribution in [2.24, 2.45) is 0 Å². The Kier molecular flexibility index (Phi) is 8.13. The fourth-order valence-electron chi connectivity index (χ4n) is 3.30. The lowest BCUT2D eigenvalue weighted by atomic mass is 10.1. The minimum Gasteiger partial charge on any atom is -0.487 e. The molecule has 0 saturated heterocycles. The smallest absolute Gasteiger partial charge is 0.416 e. The molecule has 0 aliphatic carbocycles. The van der Waals surface area contributed by atoms with E-state index in [1.807, 2.05) is 0 Å². The summed E-state index contributed by atoms with van der Waals surface area (Å²) in [5.74, 6) is -0.776. The van der Waals surface area contributed by atoms with E-state index in [1.54, 1.807) is 44.2 Å². The number of alkyl halides is 3. The number of esters is 1. The highest BCUT2D eigenvalue weighted by Gasteiger charge is 2.35. The van der Waals surface area contributed by atoms with E-state index in [-0.39, 0.29) is 23.1 Å². The maximum absolute atomic E-state index is 13.4. The average Bonchev–Trinajstić information content (AvgIpc) is 3.37. The van der Waals surface area contributed by atoms with Gasteiger partial charge in [0.25, 0.3) is 10.0 Å². The van der Waals surface area contributed by atoms with Gasteiger partial charge in [0, 0.05) is 12.1 Å². The van der Waals surface area contributed by atoms with Gasteiger partial charge in [-0.15, -0.1) is 0 Å². The molecule has 0 N–H and O–H groups in total. The molecule has 0 radical (unpaired) electrons. The van der Waals surface area contributed by atoms with Crippen molar-refractivity contribution in [3.63, 3.8) is 0 Å². The van der Waals surface area contributed by atoms with Crippen LogP contribution in [0.15, 0.2) is 76.4 Å². The fourth-order valence-corrected chi connectivity index (χ4v) is 4.89. The number of rotatable bonds is 9. The standard InChI is InChI=1S/C25H24F3NO6S/c1-17(2)29(36(31,32)24-5-4-14-34-24)21-12-11-20(25(26,27)28)15-22(21)35-16-19-8-6-18(7-9-19)10-13-23(30)33-3/h4-15,17H,16H2,1-3H3. The van der Waals surface area contributed by atoms with Crippen LogP contribution in [-0.2, 0) is 32.3 Å². The minimum atomic E-state index is -4.66. The Morgan fingerprint density at radius 2 is 1.81 bits per heavy atom. The summed E-state index contributed by atoms with van der Waals surface area (Å²) in [4.78, 5) is 11.2. The first-order valence-corrected chi connectivity index (χ1v) is 12.1. The third-order valence-electron chi connectivity index (χ3n) is 4.99. The van der Waals surface area contributed by atoms with Crippen molar-refractivity contribution >= 4 is 27.8 Å². The van der Waals surface area contributed by atoms with Gasteiger partial charge in [0.1, 0.15) is 12.4 Å². The number of ether oxygens (including phenoxy) is 2. The highest BCUT2D eigenvalue weighted by molar-refractivity contribution is 7.92. The number of carbonyl (C=O) groups excluding carboxylic acids is 1. The fraction of sp³-hybridized carbons (Fsp3) is 0.240. The molecular weight excluding hydrogens is 499 g/mol. The third-order valence-corrected chi connectivity index (χ3v) is 6.87. The van der Waals surface area contributed by atoms with Crippen molar-refractivity contribution < 1.29 is 40.3 Å². The maximum Gasteiger partial charge on any atom is 0.416 e. The van der Waals surface area contributed by atoms with Crippen LogP contribution in [0.4, 0.5) is 18.9 Å². The van der Waals surface area contributed by atoms with E-state index in [0.717, 1.165) is 22.5 Å². The van der Waals surface area contributed by atoms with Crippen LogP contribution in [0.2, 0.25) is 0 Å². The lowest BCUT2D eigenvalue weighted by Crippen LogP contribution is -2.37. The van der Waals surface area contributed by atoms with E-state index in [1.165, 1.54) is 31.6 Å². The van der Waals surface area contributed by atoms with Crippen LogP contribution in [-0.4, -0.2) is 27.5 Å². The van der Waals surface area contributed by atoms with Crippen molar-refractivity contribution in [2.75, 3.05) is 11.4 Å². The van der Waals surface area contributed by atoms with Crippen LogP contribution < -0.4 is 9.04 Å². The molecular formula is C25H24F3NO6S. The number of sulfonamides is 1.